The second-order valence-corrected chi connectivity index (χ2v) is 6.67. The predicted octanol–water partition coefficient (Wildman–Crippen LogP) is -0.634. The van der Waals surface area contributed by atoms with E-state index in [1.54, 1.807) is 0 Å². The maximum absolute atomic E-state index is 12.2. The number of sulfonamides is 1. The van der Waals surface area contributed by atoms with Gasteiger partial charge in [-0.05, 0) is 19.1 Å². The van der Waals surface area contributed by atoms with E-state index in [-0.39, 0.29) is 10.9 Å². The molecule has 1 aliphatic rings. The number of aromatic nitrogens is 1. The van der Waals surface area contributed by atoms with E-state index in [4.69, 9.17) is 10.6 Å². The lowest BCUT2D eigenvalue weighted by molar-refractivity contribution is 0.0354. The van der Waals surface area contributed by atoms with Gasteiger partial charge in [-0.1, -0.05) is 0 Å². The largest absolute Gasteiger partial charge is 0.379 e. The predicted molar refractivity (Wildman–Crippen MR) is 79.1 cm³/mol. The van der Waals surface area contributed by atoms with E-state index in [1.807, 2.05) is 6.92 Å². The molecule has 8 nitrogen and oxygen atoms in total. The number of ether oxygens (including phenoxy) is 1. The lowest BCUT2D eigenvalue weighted by atomic mass is 10.3. The summed E-state index contributed by atoms with van der Waals surface area (Å²) in [5.41, 5.74) is 2.36. The van der Waals surface area contributed by atoms with E-state index in [2.05, 4.69) is 20.0 Å². The van der Waals surface area contributed by atoms with E-state index in [9.17, 15) is 8.42 Å². The Morgan fingerprint density at radius 2 is 2.14 bits per heavy atom. The van der Waals surface area contributed by atoms with E-state index >= 15 is 0 Å². The third kappa shape index (κ3) is 4.61. The Balaban J connectivity index is 1.95. The van der Waals surface area contributed by atoms with Crippen LogP contribution in [-0.4, -0.2) is 57.2 Å². The summed E-state index contributed by atoms with van der Waals surface area (Å²) in [6.07, 6.45) is 1.28. The zero-order valence-corrected chi connectivity index (χ0v) is 12.8. The molecule has 0 aromatic carbocycles. The number of nitrogen functional groups attached to an aromatic ring is 1. The van der Waals surface area contributed by atoms with E-state index in [1.165, 1.54) is 18.3 Å². The average Bonchev–Trinajstić information content (AvgIpc) is 2.47. The van der Waals surface area contributed by atoms with Gasteiger partial charge in [-0.3, -0.25) is 4.90 Å². The fraction of sp³-hybridized carbons (Fsp3) is 0.583. The number of hydrogen-bond acceptors (Lipinski definition) is 7. The van der Waals surface area contributed by atoms with Crippen molar-refractivity contribution in [2.75, 3.05) is 38.3 Å². The van der Waals surface area contributed by atoms with Gasteiger partial charge in [-0.2, -0.15) is 0 Å². The molecule has 0 saturated carbocycles. The minimum Gasteiger partial charge on any atom is -0.379 e. The normalized spacial score (nSPS) is 18.4. The Morgan fingerprint density at radius 3 is 2.71 bits per heavy atom. The monoisotopic (exact) mass is 315 g/mol. The molecule has 0 radical (unpaired) electrons. The highest BCUT2D eigenvalue weighted by Gasteiger charge is 2.20. The highest BCUT2D eigenvalue weighted by atomic mass is 32.2. The van der Waals surface area contributed by atoms with Crippen LogP contribution in [0, 0.1) is 0 Å². The fourth-order valence-corrected chi connectivity index (χ4v) is 3.34. The molecule has 0 aliphatic carbocycles. The highest BCUT2D eigenvalue weighted by Crippen LogP contribution is 2.11. The van der Waals surface area contributed by atoms with Crippen LogP contribution in [0.4, 0.5) is 5.82 Å². The lowest BCUT2D eigenvalue weighted by Crippen LogP contribution is -2.45. The van der Waals surface area contributed by atoms with Gasteiger partial charge in [0.15, 0.2) is 0 Å². The summed E-state index contributed by atoms with van der Waals surface area (Å²) in [5.74, 6) is 5.61. The molecule has 1 saturated heterocycles. The second-order valence-electron chi connectivity index (χ2n) is 4.96. The van der Waals surface area contributed by atoms with Gasteiger partial charge in [-0.15, -0.1) is 0 Å². The van der Waals surface area contributed by atoms with Crippen LogP contribution in [0.1, 0.15) is 6.92 Å². The molecule has 0 amide bonds. The molecule has 1 aromatic heterocycles. The number of hydrazine groups is 1. The lowest BCUT2D eigenvalue weighted by Gasteiger charge is -2.29. The summed E-state index contributed by atoms with van der Waals surface area (Å²) in [7, 11) is -3.57. The first-order valence-electron chi connectivity index (χ1n) is 6.76. The minimum atomic E-state index is -3.57. The van der Waals surface area contributed by atoms with Crippen molar-refractivity contribution in [1.29, 1.82) is 0 Å². The van der Waals surface area contributed by atoms with Gasteiger partial charge in [0, 0.05) is 31.9 Å². The van der Waals surface area contributed by atoms with Crippen LogP contribution in [0.3, 0.4) is 0 Å². The summed E-state index contributed by atoms with van der Waals surface area (Å²) < 4.78 is 32.4. The number of morpholine rings is 1. The van der Waals surface area contributed by atoms with Crippen LogP contribution in [0.25, 0.3) is 0 Å². The van der Waals surface area contributed by atoms with Crippen molar-refractivity contribution in [3.05, 3.63) is 18.3 Å². The summed E-state index contributed by atoms with van der Waals surface area (Å²) in [4.78, 5) is 6.20. The van der Waals surface area contributed by atoms with Crippen molar-refractivity contribution in [2.24, 2.45) is 5.84 Å². The molecule has 1 fully saturated rings. The Kier molecular flexibility index (Phi) is 5.48. The van der Waals surface area contributed by atoms with E-state index in [0.29, 0.717) is 25.6 Å². The number of pyridine rings is 1. The van der Waals surface area contributed by atoms with Crippen LogP contribution in [0.5, 0.6) is 0 Å². The van der Waals surface area contributed by atoms with Crippen molar-refractivity contribution in [3.63, 3.8) is 0 Å². The SMILES string of the molecule is CC(CN1CCOCC1)NS(=O)(=O)c1ccc(NN)nc1. The second kappa shape index (κ2) is 7.14. The van der Waals surface area contributed by atoms with Crippen molar-refractivity contribution in [2.45, 2.75) is 17.9 Å². The third-order valence-corrected chi connectivity index (χ3v) is 4.76. The van der Waals surface area contributed by atoms with Crippen LogP contribution in [-0.2, 0) is 14.8 Å². The maximum Gasteiger partial charge on any atom is 0.242 e. The van der Waals surface area contributed by atoms with Crippen LogP contribution in [0.15, 0.2) is 23.2 Å². The number of nitrogens with one attached hydrogen (secondary N) is 2. The van der Waals surface area contributed by atoms with Crippen LogP contribution >= 0.6 is 0 Å². The molecule has 0 bridgehead atoms. The molecule has 9 heteroatoms. The molecule has 0 spiro atoms. The summed E-state index contributed by atoms with van der Waals surface area (Å²) in [5, 5.41) is 0. The zero-order chi connectivity index (χ0) is 15.3. The molecule has 1 unspecified atom stereocenters. The number of nitrogens with zero attached hydrogens (tertiary/aromatic N) is 2. The summed E-state index contributed by atoms with van der Waals surface area (Å²) in [6.45, 7) is 5.53. The van der Waals surface area contributed by atoms with Gasteiger partial charge in [0.25, 0.3) is 0 Å². The molecule has 2 heterocycles. The summed E-state index contributed by atoms with van der Waals surface area (Å²) in [6, 6.07) is 2.79. The van der Waals surface area contributed by atoms with Gasteiger partial charge >= 0.3 is 0 Å². The maximum atomic E-state index is 12.2. The first-order chi connectivity index (χ1) is 10.0. The minimum absolute atomic E-state index is 0.121. The molecular formula is C12H21N5O3S. The Hall–Kier alpha value is -1.26. The number of nitrogens with two attached hydrogens (primary N) is 1. The zero-order valence-electron chi connectivity index (χ0n) is 11.9. The van der Waals surface area contributed by atoms with Gasteiger partial charge in [-0.25, -0.2) is 24.0 Å². The number of hydrogen-bond donors (Lipinski definition) is 3. The molecule has 21 heavy (non-hydrogen) atoms. The molecule has 1 atom stereocenters. The molecule has 4 N–H and O–H groups in total. The highest BCUT2D eigenvalue weighted by molar-refractivity contribution is 7.89. The summed E-state index contributed by atoms with van der Waals surface area (Å²) >= 11 is 0. The van der Waals surface area contributed by atoms with Crippen molar-refractivity contribution >= 4 is 15.8 Å². The topological polar surface area (TPSA) is 110 Å². The van der Waals surface area contributed by atoms with E-state index in [0.717, 1.165) is 13.1 Å². The van der Waals surface area contributed by atoms with Crippen LogP contribution < -0.4 is 16.0 Å². The average molecular weight is 315 g/mol. The molecule has 118 valence electrons. The first-order valence-corrected chi connectivity index (χ1v) is 8.24. The van der Waals surface area contributed by atoms with E-state index < -0.39 is 10.0 Å². The van der Waals surface area contributed by atoms with Crippen LogP contribution in [0.2, 0.25) is 0 Å². The third-order valence-electron chi connectivity index (χ3n) is 3.19. The quantitative estimate of drug-likeness (QED) is 0.473. The number of anilines is 1. The van der Waals surface area contributed by atoms with Gasteiger partial charge in [0.2, 0.25) is 10.0 Å². The number of rotatable bonds is 6. The first kappa shape index (κ1) is 16.1. The molecule has 1 aromatic rings. The van der Waals surface area contributed by atoms with Crippen molar-refractivity contribution in [3.8, 4) is 0 Å². The van der Waals surface area contributed by atoms with Gasteiger partial charge in [0.05, 0.1) is 13.2 Å². The molecule has 2 rings (SSSR count). The van der Waals surface area contributed by atoms with Gasteiger partial charge < -0.3 is 10.2 Å². The Labute approximate surface area is 124 Å². The standard InChI is InChI=1S/C12H21N5O3S/c1-10(9-17-4-6-20-7-5-17)16-21(18,19)11-2-3-12(15-13)14-8-11/h2-3,8,10,16H,4-7,9,13H2,1H3,(H,14,15). The van der Waals surface area contributed by atoms with Gasteiger partial charge in [0.1, 0.15) is 10.7 Å². The van der Waals surface area contributed by atoms with Crippen molar-refractivity contribution < 1.29 is 13.2 Å². The smallest absolute Gasteiger partial charge is 0.242 e. The Morgan fingerprint density at radius 1 is 1.43 bits per heavy atom. The molecular weight excluding hydrogens is 294 g/mol. The molecule has 1 aliphatic heterocycles. The fourth-order valence-electron chi connectivity index (χ4n) is 2.17. The van der Waals surface area contributed by atoms with Crippen molar-refractivity contribution in [1.82, 2.24) is 14.6 Å². The Bertz CT molecular complexity index is 543.